The SMILES string of the molecule is C#CC=NCC=C. The normalized spacial score (nSPS) is 8.43. The first-order chi connectivity index (χ1) is 3.41. The Morgan fingerprint density at radius 2 is 2.57 bits per heavy atom. The number of nitrogens with zero attached hydrogens (tertiary/aromatic N) is 1. The van der Waals surface area contributed by atoms with Crippen molar-refractivity contribution in [2.24, 2.45) is 4.99 Å². The number of terminal acetylenes is 1. The Bertz CT molecular complexity index is 106. The summed E-state index contributed by atoms with van der Waals surface area (Å²) in [4.78, 5) is 3.73. The zero-order valence-electron chi connectivity index (χ0n) is 4.09. The van der Waals surface area contributed by atoms with Crippen molar-refractivity contribution in [3.8, 4) is 12.3 Å². The molecule has 0 spiro atoms. The minimum atomic E-state index is 0.615. The van der Waals surface area contributed by atoms with Crippen molar-refractivity contribution in [2.45, 2.75) is 0 Å². The van der Waals surface area contributed by atoms with E-state index in [1.807, 2.05) is 0 Å². The second-order valence-electron chi connectivity index (χ2n) is 0.950. The van der Waals surface area contributed by atoms with Crippen molar-refractivity contribution in [2.75, 3.05) is 6.54 Å². The molecule has 0 unspecified atom stereocenters. The Balaban J connectivity index is 3.14. The molecule has 0 aromatic carbocycles. The highest BCUT2D eigenvalue weighted by Crippen LogP contribution is 1.64. The Hall–Kier alpha value is -1.03. The van der Waals surface area contributed by atoms with Gasteiger partial charge in [0.1, 0.15) is 0 Å². The Kier molecular flexibility index (Phi) is 4.24. The van der Waals surface area contributed by atoms with Crippen LogP contribution in [0.1, 0.15) is 0 Å². The number of hydrogen-bond donors (Lipinski definition) is 0. The molecule has 0 atom stereocenters. The first kappa shape index (κ1) is 5.97. The number of rotatable bonds is 2. The van der Waals surface area contributed by atoms with Crippen molar-refractivity contribution in [1.29, 1.82) is 0 Å². The lowest BCUT2D eigenvalue weighted by Gasteiger charge is -1.71. The maximum Gasteiger partial charge on any atom is 0.0712 e. The summed E-state index contributed by atoms with van der Waals surface area (Å²) in [5, 5.41) is 0. The molecule has 1 heteroatoms. The lowest BCUT2D eigenvalue weighted by molar-refractivity contribution is 1.27. The van der Waals surface area contributed by atoms with Gasteiger partial charge in [0, 0.05) is 0 Å². The molecular weight excluding hydrogens is 86.1 g/mol. The van der Waals surface area contributed by atoms with Crippen LogP contribution in [-0.2, 0) is 0 Å². The standard InChI is InChI=1S/C6H7N/c1-3-5-7-6-4-2/h1,4-5H,2,6H2. The average Bonchev–Trinajstić information content (AvgIpc) is 1.69. The summed E-state index contributed by atoms with van der Waals surface area (Å²) < 4.78 is 0. The Morgan fingerprint density at radius 3 is 3.00 bits per heavy atom. The van der Waals surface area contributed by atoms with E-state index in [9.17, 15) is 0 Å². The van der Waals surface area contributed by atoms with Gasteiger partial charge in [0.2, 0.25) is 0 Å². The van der Waals surface area contributed by atoms with Gasteiger partial charge in [-0.3, -0.25) is 4.99 Å². The van der Waals surface area contributed by atoms with Gasteiger partial charge < -0.3 is 0 Å². The second kappa shape index (κ2) is 4.97. The van der Waals surface area contributed by atoms with E-state index in [1.54, 1.807) is 6.08 Å². The fourth-order valence-corrected chi connectivity index (χ4v) is 0.180. The van der Waals surface area contributed by atoms with Gasteiger partial charge in [-0.05, 0) is 0 Å². The van der Waals surface area contributed by atoms with Crippen LogP contribution in [0.15, 0.2) is 17.6 Å². The summed E-state index contributed by atoms with van der Waals surface area (Å²) in [5.41, 5.74) is 0. The highest BCUT2D eigenvalue weighted by Gasteiger charge is 1.59. The van der Waals surface area contributed by atoms with E-state index >= 15 is 0 Å². The topological polar surface area (TPSA) is 12.4 Å². The maximum absolute atomic E-state index is 4.84. The van der Waals surface area contributed by atoms with Crippen LogP contribution >= 0.6 is 0 Å². The lowest BCUT2D eigenvalue weighted by atomic mass is 10.6. The quantitative estimate of drug-likeness (QED) is 0.273. The summed E-state index contributed by atoms with van der Waals surface area (Å²) >= 11 is 0. The third kappa shape index (κ3) is 4.97. The highest BCUT2D eigenvalue weighted by atomic mass is 14.7. The van der Waals surface area contributed by atoms with Crippen LogP contribution in [0.2, 0.25) is 0 Å². The molecule has 0 amide bonds. The average molecular weight is 93.1 g/mol. The van der Waals surface area contributed by atoms with Crippen LogP contribution in [0.5, 0.6) is 0 Å². The van der Waals surface area contributed by atoms with Crippen molar-refractivity contribution >= 4 is 6.21 Å². The highest BCUT2D eigenvalue weighted by molar-refractivity contribution is 5.77. The zero-order valence-corrected chi connectivity index (χ0v) is 4.09. The van der Waals surface area contributed by atoms with Crippen molar-refractivity contribution in [3.63, 3.8) is 0 Å². The fraction of sp³-hybridized carbons (Fsp3) is 0.167. The molecule has 0 fully saturated rings. The molecule has 0 rings (SSSR count). The van der Waals surface area contributed by atoms with Gasteiger partial charge in [-0.2, -0.15) is 0 Å². The monoisotopic (exact) mass is 93.1 g/mol. The molecule has 0 saturated carbocycles. The van der Waals surface area contributed by atoms with Crippen molar-refractivity contribution < 1.29 is 0 Å². The van der Waals surface area contributed by atoms with E-state index in [0.717, 1.165) is 0 Å². The van der Waals surface area contributed by atoms with E-state index in [2.05, 4.69) is 17.5 Å². The summed E-state index contributed by atoms with van der Waals surface area (Å²) in [6.45, 7) is 4.07. The first-order valence-electron chi connectivity index (χ1n) is 1.97. The molecule has 0 saturated heterocycles. The van der Waals surface area contributed by atoms with Gasteiger partial charge in [-0.25, -0.2) is 0 Å². The third-order valence-electron chi connectivity index (χ3n) is 0.400. The second-order valence-corrected chi connectivity index (χ2v) is 0.950. The molecule has 0 aromatic rings. The molecule has 1 nitrogen and oxygen atoms in total. The summed E-state index contributed by atoms with van der Waals surface area (Å²) in [6, 6.07) is 0. The van der Waals surface area contributed by atoms with Crippen LogP contribution in [0.25, 0.3) is 0 Å². The van der Waals surface area contributed by atoms with E-state index in [-0.39, 0.29) is 0 Å². The van der Waals surface area contributed by atoms with Gasteiger partial charge in [-0.1, -0.05) is 12.0 Å². The summed E-state index contributed by atoms with van der Waals surface area (Å²) in [5.74, 6) is 2.26. The van der Waals surface area contributed by atoms with E-state index in [1.165, 1.54) is 6.21 Å². The zero-order chi connectivity index (χ0) is 5.54. The van der Waals surface area contributed by atoms with E-state index < -0.39 is 0 Å². The fourth-order valence-electron chi connectivity index (χ4n) is 0.180. The van der Waals surface area contributed by atoms with Crippen LogP contribution in [-0.4, -0.2) is 12.8 Å². The predicted molar refractivity (Wildman–Crippen MR) is 32.4 cm³/mol. The molecule has 0 aliphatic carbocycles. The first-order valence-corrected chi connectivity index (χ1v) is 1.97. The van der Waals surface area contributed by atoms with Crippen LogP contribution in [0, 0.1) is 12.3 Å². The van der Waals surface area contributed by atoms with Gasteiger partial charge in [-0.15, -0.1) is 13.0 Å². The molecular formula is C6H7N. The van der Waals surface area contributed by atoms with Crippen LogP contribution in [0.4, 0.5) is 0 Å². The minimum absolute atomic E-state index is 0.615. The largest absolute Gasteiger partial charge is 0.280 e. The summed E-state index contributed by atoms with van der Waals surface area (Å²) in [6.07, 6.45) is 7.94. The molecule has 7 heavy (non-hydrogen) atoms. The number of aliphatic imine (C=N–C) groups is 1. The van der Waals surface area contributed by atoms with Gasteiger partial charge in [0.25, 0.3) is 0 Å². The van der Waals surface area contributed by atoms with Gasteiger partial charge in [0.05, 0.1) is 12.8 Å². The number of hydrogen-bond acceptors (Lipinski definition) is 1. The molecule has 0 aliphatic rings. The molecule has 0 bridgehead atoms. The molecule has 0 aliphatic heterocycles. The van der Waals surface area contributed by atoms with Gasteiger partial charge in [0.15, 0.2) is 0 Å². The Morgan fingerprint density at radius 1 is 1.86 bits per heavy atom. The molecule has 0 aromatic heterocycles. The maximum atomic E-state index is 4.84. The molecule has 0 heterocycles. The van der Waals surface area contributed by atoms with E-state index in [4.69, 9.17) is 6.42 Å². The van der Waals surface area contributed by atoms with Crippen molar-refractivity contribution in [3.05, 3.63) is 12.7 Å². The Labute approximate surface area is 43.8 Å². The predicted octanol–water partition coefficient (Wildman–Crippen LogP) is 0.876. The molecule has 0 N–H and O–H groups in total. The third-order valence-corrected chi connectivity index (χ3v) is 0.400. The summed E-state index contributed by atoms with van der Waals surface area (Å²) in [7, 11) is 0. The van der Waals surface area contributed by atoms with E-state index in [0.29, 0.717) is 6.54 Å². The molecule has 0 radical (unpaired) electrons. The minimum Gasteiger partial charge on any atom is -0.280 e. The van der Waals surface area contributed by atoms with Crippen LogP contribution < -0.4 is 0 Å². The van der Waals surface area contributed by atoms with Crippen molar-refractivity contribution in [1.82, 2.24) is 0 Å². The lowest BCUT2D eigenvalue weighted by Crippen LogP contribution is -1.68. The van der Waals surface area contributed by atoms with Gasteiger partial charge >= 0.3 is 0 Å². The smallest absolute Gasteiger partial charge is 0.0712 e. The molecule has 36 valence electrons. The van der Waals surface area contributed by atoms with Crippen LogP contribution in [0.3, 0.4) is 0 Å².